The van der Waals surface area contributed by atoms with E-state index in [9.17, 15) is 4.79 Å². The minimum Gasteiger partial charge on any atom is -0.489 e. The van der Waals surface area contributed by atoms with Crippen molar-refractivity contribution in [3.05, 3.63) is 82.3 Å². The Hall–Kier alpha value is -3.29. The molecule has 0 spiro atoms. The van der Waals surface area contributed by atoms with Crippen molar-refractivity contribution in [1.82, 2.24) is 25.0 Å². The maximum absolute atomic E-state index is 12.8. The van der Waals surface area contributed by atoms with Gasteiger partial charge in [-0.3, -0.25) is 14.4 Å². The van der Waals surface area contributed by atoms with Gasteiger partial charge in [-0.15, -0.1) is 0 Å². The Morgan fingerprint density at radius 1 is 1.24 bits per heavy atom. The summed E-state index contributed by atoms with van der Waals surface area (Å²) >= 11 is 6.10. The van der Waals surface area contributed by atoms with Crippen LogP contribution in [0.4, 0.5) is 0 Å². The minimum atomic E-state index is -0.188. The number of aryl methyl sites for hydroxylation is 2. The number of H-pyrrole nitrogens is 1. The van der Waals surface area contributed by atoms with E-state index in [-0.39, 0.29) is 12.0 Å². The number of aromatic amines is 1. The van der Waals surface area contributed by atoms with E-state index in [1.165, 1.54) is 5.56 Å². The lowest BCUT2D eigenvalue weighted by Crippen LogP contribution is -2.34. The van der Waals surface area contributed by atoms with Gasteiger partial charge in [0.05, 0.1) is 12.7 Å². The molecule has 34 heavy (non-hydrogen) atoms. The molecule has 8 heteroatoms. The quantitative estimate of drug-likeness (QED) is 0.365. The van der Waals surface area contributed by atoms with Crippen LogP contribution in [-0.2, 0) is 20.1 Å². The second-order valence-corrected chi connectivity index (χ2v) is 9.23. The molecule has 178 valence electrons. The lowest BCUT2D eigenvalue weighted by Gasteiger charge is -2.18. The van der Waals surface area contributed by atoms with Crippen LogP contribution in [0, 0.1) is 6.92 Å². The zero-order valence-corrected chi connectivity index (χ0v) is 20.7. The number of ether oxygens (including phenoxy) is 1. The molecule has 0 fully saturated rings. The number of amides is 1. The number of fused-ring (bicyclic) bond motifs is 1. The molecule has 0 aliphatic rings. The molecular weight excluding hydrogens is 450 g/mol. The van der Waals surface area contributed by atoms with E-state index in [1.807, 2.05) is 74.4 Å². The summed E-state index contributed by atoms with van der Waals surface area (Å²) in [7, 11) is 4.00. The van der Waals surface area contributed by atoms with Crippen molar-refractivity contribution < 1.29 is 9.53 Å². The Bertz CT molecular complexity index is 1300. The first-order chi connectivity index (χ1) is 16.3. The standard InChI is InChI=1S/C26H30ClN5O2/c1-17(12-28-26(33)25-18(2)23-11-21(27)8-9-24(23)30-25)34-22-7-5-6-19(10-22)14-31(3)15-20-13-29-32(4)16-20/h5-11,13,16-17,30H,12,14-15H2,1-4H3,(H,28,33). The van der Waals surface area contributed by atoms with E-state index >= 15 is 0 Å². The molecular formula is C26H30ClN5O2. The van der Waals surface area contributed by atoms with Crippen LogP contribution in [0.25, 0.3) is 10.9 Å². The van der Waals surface area contributed by atoms with E-state index in [2.05, 4.69) is 33.4 Å². The van der Waals surface area contributed by atoms with Crippen LogP contribution in [-0.4, -0.2) is 45.3 Å². The first kappa shape index (κ1) is 23.9. The van der Waals surface area contributed by atoms with Gasteiger partial charge >= 0.3 is 0 Å². The summed E-state index contributed by atoms with van der Waals surface area (Å²) in [5, 5.41) is 8.79. The fourth-order valence-electron chi connectivity index (χ4n) is 4.07. The van der Waals surface area contributed by atoms with Gasteiger partial charge < -0.3 is 15.0 Å². The van der Waals surface area contributed by atoms with Crippen LogP contribution in [0.1, 0.15) is 34.1 Å². The maximum atomic E-state index is 12.8. The van der Waals surface area contributed by atoms with Crippen LogP contribution < -0.4 is 10.1 Å². The first-order valence-electron chi connectivity index (χ1n) is 11.3. The number of hydrogen-bond donors (Lipinski definition) is 2. The Kier molecular flexibility index (Phi) is 7.24. The summed E-state index contributed by atoms with van der Waals surface area (Å²) < 4.78 is 7.89. The highest BCUT2D eigenvalue weighted by Crippen LogP contribution is 2.25. The van der Waals surface area contributed by atoms with E-state index < -0.39 is 0 Å². The van der Waals surface area contributed by atoms with Gasteiger partial charge in [-0.25, -0.2) is 0 Å². The van der Waals surface area contributed by atoms with Gasteiger partial charge in [0.1, 0.15) is 17.5 Å². The van der Waals surface area contributed by atoms with Crippen LogP contribution in [0.5, 0.6) is 5.75 Å². The minimum absolute atomic E-state index is 0.161. The van der Waals surface area contributed by atoms with Gasteiger partial charge in [0, 0.05) is 47.8 Å². The summed E-state index contributed by atoms with van der Waals surface area (Å²) in [6.07, 6.45) is 3.73. The zero-order chi connectivity index (χ0) is 24.2. The summed E-state index contributed by atoms with van der Waals surface area (Å²) in [5.74, 6) is 0.622. The Balaban J connectivity index is 1.31. The number of halogens is 1. The molecule has 4 aromatic rings. The lowest BCUT2D eigenvalue weighted by atomic mass is 10.1. The molecule has 1 amide bonds. The Labute approximate surface area is 204 Å². The largest absolute Gasteiger partial charge is 0.489 e. The van der Waals surface area contributed by atoms with Crippen molar-refractivity contribution in [2.45, 2.75) is 33.0 Å². The molecule has 0 aliphatic carbocycles. The van der Waals surface area contributed by atoms with Crippen molar-refractivity contribution in [2.24, 2.45) is 7.05 Å². The van der Waals surface area contributed by atoms with Crippen LogP contribution >= 0.6 is 11.6 Å². The third-order valence-corrected chi connectivity index (χ3v) is 5.93. The topological polar surface area (TPSA) is 75.2 Å². The predicted molar refractivity (Wildman–Crippen MR) is 135 cm³/mol. The van der Waals surface area contributed by atoms with Crippen LogP contribution in [0.15, 0.2) is 54.9 Å². The van der Waals surface area contributed by atoms with Crippen LogP contribution in [0.2, 0.25) is 5.02 Å². The molecule has 0 saturated heterocycles. The van der Waals surface area contributed by atoms with Crippen molar-refractivity contribution in [3.63, 3.8) is 0 Å². The summed E-state index contributed by atoms with van der Waals surface area (Å²) in [6.45, 7) is 5.86. The molecule has 0 radical (unpaired) electrons. The monoisotopic (exact) mass is 479 g/mol. The summed E-state index contributed by atoms with van der Waals surface area (Å²) in [6, 6.07) is 13.6. The third kappa shape index (κ3) is 5.79. The number of hydrogen-bond acceptors (Lipinski definition) is 4. The number of rotatable bonds is 9. The highest BCUT2D eigenvalue weighted by molar-refractivity contribution is 6.31. The lowest BCUT2D eigenvalue weighted by molar-refractivity contribution is 0.0927. The second-order valence-electron chi connectivity index (χ2n) is 8.80. The van der Waals surface area contributed by atoms with Crippen molar-refractivity contribution in [1.29, 1.82) is 0 Å². The number of carbonyl (C=O) groups is 1. The predicted octanol–water partition coefficient (Wildman–Crippen LogP) is 4.69. The fourth-order valence-corrected chi connectivity index (χ4v) is 4.25. The number of benzene rings is 2. The van der Waals surface area contributed by atoms with E-state index in [4.69, 9.17) is 16.3 Å². The number of carbonyl (C=O) groups excluding carboxylic acids is 1. The third-order valence-electron chi connectivity index (χ3n) is 5.70. The summed E-state index contributed by atoms with van der Waals surface area (Å²) in [4.78, 5) is 18.2. The molecule has 2 aromatic heterocycles. The second kappa shape index (κ2) is 10.3. The van der Waals surface area contributed by atoms with E-state index in [0.29, 0.717) is 17.3 Å². The zero-order valence-electron chi connectivity index (χ0n) is 19.9. The van der Waals surface area contributed by atoms with Crippen molar-refractivity contribution in [2.75, 3.05) is 13.6 Å². The molecule has 7 nitrogen and oxygen atoms in total. The highest BCUT2D eigenvalue weighted by Gasteiger charge is 2.16. The average Bonchev–Trinajstić information content (AvgIpc) is 3.34. The van der Waals surface area contributed by atoms with E-state index in [1.54, 1.807) is 0 Å². The molecule has 0 aliphatic heterocycles. The van der Waals surface area contributed by atoms with Gasteiger partial charge in [-0.2, -0.15) is 5.10 Å². The molecule has 4 rings (SSSR count). The van der Waals surface area contributed by atoms with Gasteiger partial charge in [0.25, 0.3) is 5.91 Å². The average molecular weight is 480 g/mol. The number of aromatic nitrogens is 3. The summed E-state index contributed by atoms with van der Waals surface area (Å²) in [5.41, 5.74) is 4.65. The first-order valence-corrected chi connectivity index (χ1v) is 11.6. The van der Waals surface area contributed by atoms with Gasteiger partial charge in [-0.05, 0) is 62.4 Å². The smallest absolute Gasteiger partial charge is 0.268 e. The fraction of sp³-hybridized carbons (Fsp3) is 0.308. The molecule has 0 saturated carbocycles. The van der Waals surface area contributed by atoms with Gasteiger partial charge in [0.15, 0.2) is 0 Å². The highest BCUT2D eigenvalue weighted by atomic mass is 35.5. The van der Waals surface area contributed by atoms with E-state index in [0.717, 1.165) is 40.9 Å². The number of nitrogens with zero attached hydrogens (tertiary/aromatic N) is 3. The molecule has 1 unspecified atom stereocenters. The molecule has 1 atom stereocenters. The van der Waals surface area contributed by atoms with Crippen molar-refractivity contribution >= 4 is 28.4 Å². The number of nitrogens with one attached hydrogen (secondary N) is 2. The normalized spacial score (nSPS) is 12.3. The van der Waals surface area contributed by atoms with Gasteiger partial charge in [-0.1, -0.05) is 23.7 Å². The van der Waals surface area contributed by atoms with Crippen LogP contribution in [0.3, 0.4) is 0 Å². The Morgan fingerprint density at radius 2 is 2.03 bits per heavy atom. The molecule has 2 aromatic carbocycles. The van der Waals surface area contributed by atoms with Crippen molar-refractivity contribution in [3.8, 4) is 5.75 Å². The Morgan fingerprint density at radius 3 is 2.79 bits per heavy atom. The molecule has 2 heterocycles. The molecule has 0 bridgehead atoms. The maximum Gasteiger partial charge on any atom is 0.268 e. The van der Waals surface area contributed by atoms with Gasteiger partial charge in [0.2, 0.25) is 0 Å². The molecule has 2 N–H and O–H groups in total. The SMILES string of the molecule is Cc1c(C(=O)NCC(C)Oc2cccc(CN(C)Cc3cnn(C)c3)c2)[nH]c2ccc(Cl)cc12.